The minimum absolute atomic E-state index is 0.279. The summed E-state index contributed by atoms with van der Waals surface area (Å²) in [6.45, 7) is 12.2. The van der Waals surface area contributed by atoms with Crippen molar-refractivity contribution >= 4 is 0 Å². The molecule has 0 fully saturated rings. The Morgan fingerprint density at radius 1 is 0.750 bits per heavy atom. The van der Waals surface area contributed by atoms with E-state index in [1.54, 1.807) is 0 Å². The first-order chi connectivity index (χ1) is 7.56. The Balaban J connectivity index is 2.99. The van der Waals surface area contributed by atoms with Crippen LogP contribution < -0.4 is 0 Å². The lowest BCUT2D eigenvalue weighted by Crippen LogP contribution is -2.15. The topological polar surface area (TPSA) is 18.5 Å². The molecule has 2 nitrogen and oxygen atoms in total. The van der Waals surface area contributed by atoms with Gasteiger partial charge < -0.3 is 9.47 Å². The van der Waals surface area contributed by atoms with Crippen molar-refractivity contribution < 1.29 is 9.47 Å². The maximum absolute atomic E-state index is 5.56. The van der Waals surface area contributed by atoms with Crippen molar-refractivity contribution in [2.75, 3.05) is 26.4 Å². The van der Waals surface area contributed by atoms with Crippen molar-refractivity contribution in [3.63, 3.8) is 0 Å². The molecule has 0 saturated heterocycles. The zero-order chi connectivity index (χ0) is 12.3. The van der Waals surface area contributed by atoms with Crippen LogP contribution in [0.1, 0.15) is 59.8 Å². The number of hydrogen-bond donors (Lipinski definition) is 0. The second-order valence-electron chi connectivity index (χ2n) is 5.64. The first-order valence-electron chi connectivity index (χ1n) is 6.72. The molecule has 0 aromatic rings. The summed E-state index contributed by atoms with van der Waals surface area (Å²) < 4.78 is 11.1. The highest BCUT2D eigenvalue weighted by molar-refractivity contribution is 4.58. The van der Waals surface area contributed by atoms with Gasteiger partial charge in [0.15, 0.2) is 0 Å². The van der Waals surface area contributed by atoms with Crippen molar-refractivity contribution in [3.05, 3.63) is 0 Å². The lowest BCUT2D eigenvalue weighted by atomic mass is 9.99. The van der Waals surface area contributed by atoms with Crippen LogP contribution in [0.2, 0.25) is 0 Å². The van der Waals surface area contributed by atoms with Gasteiger partial charge >= 0.3 is 0 Å². The smallest absolute Gasteiger partial charge is 0.0514 e. The zero-order valence-electron chi connectivity index (χ0n) is 11.7. The van der Waals surface area contributed by atoms with Crippen LogP contribution in [0.25, 0.3) is 0 Å². The average molecular weight is 230 g/mol. The van der Waals surface area contributed by atoms with Crippen molar-refractivity contribution in [3.8, 4) is 0 Å². The van der Waals surface area contributed by atoms with E-state index < -0.39 is 0 Å². The Morgan fingerprint density at radius 2 is 1.38 bits per heavy atom. The van der Waals surface area contributed by atoms with Gasteiger partial charge in [0.2, 0.25) is 0 Å². The van der Waals surface area contributed by atoms with Crippen LogP contribution in [0, 0.1) is 5.41 Å². The molecule has 0 rings (SSSR count). The standard InChI is InChI=1S/C14H30O2/c1-5-6-7-8-10-15-11-9-12-16-13-14(2,3)4/h5-13H2,1-4H3. The minimum atomic E-state index is 0.279. The second-order valence-corrected chi connectivity index (χ2v) is 5.64. The van der Waals surface area contributed by atoms with Crippen molar-refractivity contribution in [2.45, 2.75) is 59.8 Å². The molecule has 2 heteroatoms. The third-order valence-electron chi connectivity index (χ3n) is 2.25. The zero-order valence-corrected chi connectivity index (χ0v) is 11.7. The van der Waals surface area contributed by atoms with Crippen LogP contribution in [0.15, 0.2) is 0 Å². The summed E-state index contributed by atoms with van der Waals surface area (Å²) in [6, 6.07) is 0. The number of unbranched alkanes of at least 4 members (excludes halogenated alkanes) is 3. The van der Waals surface area contributed by atoms with Gasteiger partial charge in [-0.05, 0) is 18.3 Å². The van der Waals surface area contributed by atoms with Gasteiger partial charge in [-0.3, -0.25) is 0 Å². The summed E-state index contributed by atoms with van der Waals surface area (Å²) in [7, 11) is 0. The third kappa shape index (κ3) is 13.9. The van der Waals surface area contributed by atoms with E-state index in [1.165, 1.54) is 25.7 Å². The van der Waals surface area contributed by atoms with Crippen LogP contribution in [0.3, 0.4) is 0 Å². The fourth-order valence-corrected chi connectivity index (χ4v) is 1.37. The Hall–Kier alpha value is -0.0800. The summed E-state index contributed by atoms with van der Waals surface area (Å²) in [5, 5.41) is 0. The molecule has 0 aromatic heterocycles. The summed E-state index contributed by atoms with van der Waals surface area (Å²) in [6.07, 6.45) is 6.15. The third-order valence-corrected chi connectivity index (χ3v) is 2.25. The molecule has 0 spiro atoms. The lowest BCUT2D eigenvalue weighted by Gasteiger charge is -2.17. The molecule has 98 valence electrons. The molecular formula is C14H30O2. The highest BCUT2D eigenvalue weighted by Gasteiger charge is 2.09. The van der Waals surface area contributed by atoms with E-state index in [-0.39, 0.29) is 5.41 Å². The van der Waals surface area contributed by atoms with Crippen molar-refractivity contribution in [1.29, 1.82) is 0 Å². The second kappa shape index (κ2) is 10.1. The van der Waals surface area contributed by atoms with Crippen LogP contribution in [-0.4, -0.2) is 26.4 Å². The maximum atomic E-state index is 5.56. The SMILES string of the molecule is CCCCCCOCCCOCC(C)(C)C. The summed E-state index contributed by atoms with van der Waals surface area (Å²) in [5.41, 5.74) is 0.279. The number of hydrogen-bond acceptors (Lipinski definition) is 2. The molecule has 0 bridgehead atoms. The van der Waals surface area contributed by atoms with Crippen LogP contribution >= 0.6 is 0 Å². The Bertz CT molecular complexity index is 138. The van der Waals surface area contributed by atoms with Crippen LogP contribution in [-0.2, 0) is 9.47 Å². The predicted octanol–water partition coefficient (Wildman–Crippen LogP) is 4.04. The molecule has 0 aliphatic rings. The summed E-state index contributed by atoms with van der Waals surface area (Å²) in [5.74, 6) is 0. The van der Waals surface area contributed by atoms with Crippen LogP contribution in [0.4, 0.5) is 0 Å². The first kappa shape index (κ1) is 15.9. The van der Waals surface area contributed by atoms with E-state index >= 15 is 0 Å². The van der Waals surface area contributed by atoms with E-state index in [2.05, 4.69) is 27.7 Å². The average Bonchev–Trinajstić information content (AvgIpc) is 2.19. The van der Waals surface area contributed by atoms with Crippen molar-refractivity contribution in [1.82, 2.24) is 0 Å². The van der Waals surface area contributed by atoms with E-state index in [0.29, 0.717) is 0 Å². The highest BCUT2D eigenvalue weighted by atomic mass is 16.5. The Morgan fingerprint density at radius 3 is 2.00 bits per heavy atom. The van der Waals surface area contributed by atoms with E-state index in [0.717, 1.165) is 32.8 Å². The van der Waals surface area contributed by atoms with Crippen molar-refractivity contribution in [2.24, 2.45) is 5.41 Å². The van der Waals surface area contributed by atoms with Gasteiger partial charge in [0.25, 0.3) is 0 Å². The van der Waals surface area contributed by atoms with E-state index in [9.17, 15) is 0 Å². The first-order valence-corrected chi connectivity index (χ1v) is 6.72. The van der Waals surface area contributed by atoms with Gasteiger partial charge in [0, 0.05) is 19.8 Å². The lowest BCUT2D eigenvalue weighted by molar-refractivity contribution is 0.0477. The summed E-state index contributed by atoms with van der Waals surface area (Å²) in [4.78, 5) is 0. The van der Waals surface area contributed by atoms with E-state index in [1.807, 2.05) is 0 Å². The number of ether oxygens (including phenoxy) is 2. The minimum Gasteiger partial charge on any atom is -0.381 e. The highest BCUT2D eigenvalue weighted by Crippen LogP contribution is 2.12. The maximum Gasteiger partial charge on any atom is 0.0514 e. The molecular weight excluding hydrogens is 200 g/mol. The van der Waals surface area contributed by atoms with Gasteiger partial charge in [0.1, 0.15) is 0 Å². The Kier molecular flexibility index (Phi) is 10.0. The Labute approximate surface area is 102 Å². The van der Waals surface area contributed by atoms with Gasteiger partial charge in [-0.25, -0.2) is 0 Å². The van der Waals surface area contributed by atoms with Gasteiger partial charge in [-0.1, -0.05) is 47.0 Å². The fraction of sp³-hybridized carbons (Fsp3) is 1.00. The molecule has 0 saturated carbocycles. The van der Waals surface area contributed by atoms with Gasteiger partial charge in [-0.2, -0.15) is 0 Å². The van der Waals surface area contributed by atoms with Gasteiger partial charge in [0.05, 0.1) is 6.61 Å². The fourth-order valence-electron chi connectivity index (χ4n) is 1.37. The number of rotatable bonds is 10. The quantitative estimate of drug-likeness (QED) is 0.527. The normalized spacial score (nSPS) is 12.0. The molecule has 0 heterocycles. The largest absolute Gasteiger partial charge is 0.381 e. The molecule has 16 heavy (non-hydrogen) atoms. The van der Waals surface area contributed by atoms with E-state index in [4.69, 9.17) is 9.47 Å². The monoisotopic (exact) mass is 230 g/mol. The molecule has 0 aliphatic heterocycles. The molecule has 0 amide bonds. The molecule has 0 atom stereocenters. The molecule has 0 N–H and O–H groups in total. The molecule has 0 aliphatic carbocycles. The molecule has 0 radical (unpaired) electrons. The summed E-state index contributed by atoms with van der Waals surface area (Å²) >= 11 is 0. The molecule has 0 unspecified atom stereocenters. The van der Waals surface area contributed by atoms with Crippen LogP contribution in [0.5, 0.6) is 0 Å². The predicted molar refractivity (Wildman–Crippen MR) is 69.9 cm³/mol. The van der Waals surface area contributed by atoms with Gasteiger partial charge in [-0.15, -0.1) is 0 Å². The molecule has 0 aromatic carbocycles.